The normalized spacial score (nSPS) is 16.2. The van der Waals surface area contributed by atoms with Crippen molar-refractivity contribution in [2.24, 2.45) is 0 Å². The zero-order valence-electron chi connectivity index (χ0n) is 14.3. The van der Waals surface area contributed by atoms with E-state index in [1.54, 1.807) is 13.8 Å². The Kier molecular flexibility index (Phi) is 7.40. The second-order valence-corrected chi connectivity index (χ2v) is 7.25. The lowest BCUT2D eigenvalue weighted by atomic mass is 10.1. The molecule has 1 aromatic rings. The highest BCUT2D eigenvalue weighted by atomic mass is 32.2. The highest BCUT2D eigenvalue weighted by Crippen LogP contribution is 2.24. The minimum Gasteiger partial charge on any atom is -0.353 e. The number of hydrogen-bond donors (Lipinski definition) is 1. The van der Waals surface area contributed by atoms with Crippen LogP contribution in [0.3, 0.4) is 0 Å². The molecule has 1 N–H and O–H groups in total. The summed E-state index contributed by atoms with van der Waals surface area (Å²) in [4.78, 5) is 20.4. The molecule has 1 heterocycles. The number of aromatic nitrogens is 2. The van der Waals surface area contributed by atoms with Gasteiger partial charge in [0.2, 0.25) is 5.91 Å². The maximum Gasteiger partial charge on any atom is 0.291 e. The van der Waals surface area contributed by atoms with Gasteiger partial charge in [-0.3, -0.25) is 4.79 Å². The summed E-state index contributed by atoms with van der Waals surface area (Å²) in [5, 5.41) is 3.21. The van der Waals surface area contributed by atoms with Crippen molar-refractivity contribution in [1.29, 1.82) is 0 Å². The molecule has 0 spiro atoms. The number of halogens is 2. The van der Waals surface area contributed by atoms with Crippen LogP contribution in [0.2, 0.25) is 0 Å². The van der Waals surface area contributed by atoms with Gasteiger partial charge in [0, 0.05) is 23.9 Å². The minimum absolute atomic E-state index is 0.0479. The number of nitrogens with one attached hydrogen (secondary N) is 1. The van der Waals surface area contributed by atoms with Crippen molar-refractivity contribution in [2.75, 3.05) is 0 Å². The molecule has 0 bridgehead atoms. The van der Waals surface area contributed by atoms with Gasteiger partial charge in [-0.25, -0.2) is 9.97 Å². The second kappa shape index (κ2) is 9.30. The van der Waals surface area contributed by atoms with Gasteiger partial charge in [0.05, 0.1) is 0 Å². The van der Waals surface area contributed by atoms with E-state index >= 15 is 0 Å². The van der Waals surface area contributed by atoms with Gasteiger partial charge in [-0.05, 0) is 50.4 Å². The summed E-state index contributed by atoms with van der Waals surface area (Å²) in [6.45, 7) is 3.56. The van der Waals surface area contributed by atoms with Crippen molar-refractivity contribution >= 4 is 17.7 Å². The van der Waals surface area contributed by atoms with Crippen molar-refractivity contribution < 1.29 is 13.6 Å². The minimum atomic E-state index is -2.53. The zero-order chi connectivity index (χ0) is 17.5. The van der Waals surface area contributed by atoms with Gasteiger partial charge in [0.15, 0.2) is 5.16 Å². The van der Waals surface area contributed by atoms with Crippen molar-refractivity contribution in [3.63, 3.8) is 0 Å². The number of alkyl halides is 2. The molecule has 0 saturated heterocycles. The molecule has 1 amide bonds. The highest BCUT2D eigenvalue weighted by molar-refractivity contribution is 7.99. The van der Waals surface area contributed by atoms with E-state index in [0.717, 1.165) is 18.4 Å². The summed E-state index contributed by atoms with van der Waals surface area (Å²) in [6, 6.07) is 0.295. The first-order chi connectivity index (χ1) is 11.5. The Balaban J connectivity index is 1.89. The SMILES string of the molecule is Cc1nc(SC(F)F)nc(C)c1CCC(=O)NC1CCCCCC1. The lowest BCUT2D eigenvalue weighted by Crippen LogP contribution is -2.34. The summed E-state index contributed by atoms with van der Waals surface area (Å²) in [7, 11) is 0. The maximum atomic E-state index is 12.4. The lowest BCUT2D eigenvalue weighted by Gasteiger charge is -2.16. The van der Waals surface area contributed by atoms with Gasteiger partial charge < -0.3 is 5.32 Å². The number of amides is 1. The molecular formula is C17H25F2N3OS. The number of nitrogens with zero attached hydrogens (tertiary/aromatic N) is 2. The largest absolute Gasteiger partial charge is 0.353 e. The molecule has 0 radical (unpaired) electrons. The fourth-order valence-corrected chi connectivity index (χ4v) is 3.70. The zero-order valence-corrected chi connectivity index (χ0v) is 15.1. The number of carbonyl (C=O) groups is 1. The topological polar surface area (TPSA) is 54.9 Å². The third kappa shape index (κ3) is 6.00. The molecule has 0 atom stereocenters. The smallest absolute Gasteiger partial charge is 0.291 e. The fourth-order valence-electron chi connectivity index (χ4n) is 3.16. The average molecular weight is 357 g/mol. The molecule has 4 nitrogen and oxygen atoms in total. The van der Waals surface area contributed by atoms with E-state index in [2.05, 4.69) is 15.3 Å². The maximum absolute atomic E-state index is 12.4. The molecule has 7 heteroatoms. The molecule has 24 heavy (non-hydrogen) atoms. The Morgan fingerprint density at radius 1 is 1.17 bits per heavy atom. The summed E-state index contributed by atoms with van der Waals surface area (Å²) < 4.78 is 24.8. The highest BCUT2D eigenvalue weighted by Gasteiger charge is 2.17. The van der Waals surface area contributed by atoms with E-state index in [9.17, 15) is 13.6 Å². The number of thioether (sulfide) groups is 1. The van der Waals surface area contributed by atoms with Crippen molar-refractivity contribution in [1.82, 2.24) is 15.3 Å². The van der Waals surface area contributed by atoms with E-state index in [1.807, 2.05) is 0 Å². The van der Waals surface area contributed by atoms with Crippen LogP contribution in [0.4, 0.5) is 8.78 Å². The third-order valence-corrected chi connectivity index (χ3v) is 4.99. The van der Waals surface area contributed by atoms with E-state index in [4.69, 9.17) is 0 Å². The fraction of sp³-hybridized carbons (Fsp3) is 0.706. The van der Waals surface area contributed by atoms with Crippen LogP contribution >= 0.6 is 11.8 Å². The molecule has 134 valence electrons. The van der Waals surface area contributed by atoms with Crippen molar-refractivity contribution in [2.45, 2.75) is 82.2 Å². The Bertz CT molecular complexity index is 538. The molecule has 2 rings (SSSR count). The van der Waals surface area contributed by atoms with E-state index in [0.29, 0.717) is 42.0 Å². The van der Waals surface area contributed by atoms with Gasteiger partial charge in [0.1, 0.15) is 0 Å². The van der Waals surface area contributed by atoms with Crippen molar-refractivity contribution in [3.8, 4) is 0 Å². The Labute approximate surface area is 146 Å². The molecule has 0 aliphatic heterocycles. The van der Waals surface area contributed by atoms with Crippen molar-refractivity contribution in [3.05, 3.63) is 17.0 Å². The second-order valence-electron chi connectivity index (χ2n) is 6.29. The van der Waals surface area contributed by atoms with Crippen LogP contribution in [-0.4, -0.2) is 27.7 Å². The Hall–Kier alpha value is -1.24. The van der Waals surface area contributed by atoms with E-state index in [1.165, 1.54) is 25.7 Å². The molecule has 1 fully saturated rings. The third-order valence-electron chi connectivity index (χ3n) is 4.42. The molecular weight excluding hydrogens is 332 g/mol. The first-order valence-electron chi connectivity index (χ1n) is 8.54. The van der Waals surface area contributed by atoms with Crippen LogP contribution in [0, 0.1) is 13.8 Å². The first-order valence-corrected chi connectivity index (χ1v) is 9.42. The first kappa shape index (κ1) is 19.1. The molecule has 0 unspecified atom stereocenters. The summed E-state index contributed by atoms with van der Waals surface area (Å²) >= 11 is 0.350. The van der Waals surface area contributed by atoms with Crippen LogP contribution in [0.15, 0.2) is 5.16 Å². The number of rotatable bonds is 6. The van der Waals surface area contributed by atoms with E-state index < -0.39 is 5.76 Å². The Morgan fingerprint density at radius 2 is 1.75 bits per heavy atom. The van der Waals surface area contributed by atoms with Gasteiger partial charge in [-0.15, -0.1) is 0 Å². The average Bonchev–Trinajstić information content (AvgIpc) is 2.74. The molecule has 1 aromatic heterocycles. The molecule has 0 aromatic carbocycles. The number of hydrogen-bond acceptors (Lipinski definition) is 4. The Morgan fingerprint density at radius 3 is 2.29 bits per heavy atom. The van der Waals surface area contributed by atoms with Crippen LogP contribution in [0.1, 0.15) is 61.9 Å². The van der Waals surface area contributed by atoms with Gasteiger partial charge in [0.25, 0.3) is 5.76 Å². The number of aryl methyl sites for hydroxylation is 2. The van der Waals surface area contributed by atoms with Crippen LogP contribution in [0.25, 0.3) is 0 Å². The quantitative estimate of drug-likeness (QED) is 0.471. The number of carbonyl (C=O) groups excluding carboxylic acids is 1. The summed E-state index contributed by atoms with van der Waals surface area (Å²) in [6.07, 6.45) is 7.91. The molecule has 1 aliphatic rings. The van der Waals surface area contributed by atoms with Crippen LogP contribution in [0.5, 0.6) is 0 Å². The van der Waals surface area contributed by atoms with E-state index in [-0.39, 0.29) is 11.1 Å². The van der Waals surface area contributed by atoms with Gasteiger partial charge >= 0.3 is 0 Å². The molecule has 1 saturated carbocycles. The predicted molar refractivity (Wildman–Crippen MR) is 91.3 cm³/mol. The molecule has 1 aliphatic carbocycles. The van der Waals surface area contributed by atoms with Crippen LogP contribution in [-0.2, 0) is 11.2 Å². The standard InChI is InChI=1S/C17H25F2N3OS/c1-11-14(12(2)21-17(20-11)24-16(18)19)9-10-15(23)22-13-7-5-3-4-6-8-13/h13,16H,3-10H2,1-2H3,(H,22,23). The van der Waals surface area contributed by atoms with Gasteiger partial charge in [-0.2, -0.15) is 8.78 Å². The predicted octanol–water partition coefficient (Wildman–Crippen LogP) is 4.18. The monoisotopic (exact) mass is 357 g/mol. The summed E-state index contributed by atoms with van der Waals surface area (Å²) in [5.41, 5.74) is 2.23. The summed E-state index contributed by atoms with van der Waals surface area (Å²) in [5.74, 6) is -2.48. The van der Waals surface area contributed by atoms with Crippen LogP contribution < -0.4 is 5.32 Å². The van der Waals surface area contributed by atoms with Gasteiger partial charge in [-0.1, -0.05) is 25.7 Å². The lowest BCUT2D eigenvalue weighted by molar-refractivity contribution is -0.121.